The largest absolute Gasteiger partial charge is 0.392 e. The number of sulfonamides is 1. The van der Waals surface area contributed by atoms with Crippen LogP contribution in [0, 0.1) is 12.8 Å². The lowest BCUT2D eigenvalue weighted by Gasteiger charge is -2.42. The molecule has 10 nitrogen and oxygen atoms in total. The lowest BCUT2D eigenvalue weighted by Crippen LogP contribution is -2.45. The summed E-state index contributed by atoms with van der Waals surface area (Å²) in [5, 5.41) is 12.5. The van der Waals surface area contributed by atoms with Crippen molar-refractivity contribution < 1.29 is 27.8 Å². The zero-order valence-corrected chi connectivity index (χ0v) is 31.7. The molecule has 5 atom stereocenters. The third-order valence-corrected chi connectivity index (χ3v) is 11.3. The van der Waals surface area contributed by atoms with Crippen LogP contribution in [-0.4, -0.2) is 61.6 Å². The van der Waals surface area contributed by atoms with Crippen LogP contribution in [0.4, 0.5) is 5.69 Å². The molecule has 0 unspecified atom stereocenters. The molecule has 1 fully saturated rings. The molecule has 0 bridgehead atoms. The number of hydrogen-bond acceptors (Lipinski definition) is 8. The predicted octanol–water partition coefficient (Wildman–Crippen LogP) is 6.38. The molecule has 2 heterocycles. The molecule has 5 aromatic rings. The number of ether oxygens (including phenoxy) is 2. The van der Waals surface area contributed by atoms with Gasteiger partial charge < -0.3 is 24.8 Å². The smallest absolute Gasteiger partial charge is 0.242 e. The van der Waals surface area contributed by atoms with Gasteiger partial charge >= 0.3 is 0 Å². The number of amides is 1. The highest BCUT2D eigenvalue weighted by molar-refractivity contribution is 7.89. The SMILES string of the molecule is Cc1ccc(S(=O)(=O)N[C@H](Cc2ccccc2)C(=O)Nc2ccc([C@H]3O[C@@H](CN(C)CCc4ccccn4)[C@@H](C)[C@@H](c4ccc(CO)cc4)O3)cc2)cc1. The fourth-order valence-corrected chi connectivity index (χ4v) is 7.74. The highest BCUT2D eigenvalue weighted by atomic mass is 32.2. The summed E-state index contributed by atoms with van der Waals surface area (Å²) in [6.07, 6.45) is 1.66. The molecule has 1 saturated heterocycles. The molecule has 6 rings (SSSR count). The summed E-state index contributed by atoms with van der Waals surface area (Å²) in [7, 11) is -1.91. The second-order valence-corrected chi connectivity index (χ2v) is 15.7. The Morgan fingerprint density at radius 2 is 1.54 bits per heavy atom. The van der Waals surface area contributed by atoms with E-state index in [1.54, 1.807) is 24.3 Å². The quantitative estimate of drug-likeness (QED) is 0.113. The van der Waals surface area contributed by atoms with Gasteiger partial charge in [-0.2, -0.15) is 4.72 Å². The number of nitrogens with zero attached hydrogens (tertiary/aromatic N) is 2. The third-order valence-electron chi connectivity index (χ3n) is 9.77. The standard InChI is InChI=1S/C43H48N4O6S/c1-30-12-22-38(23-13-30)54(50,51)46-39(27-32-9-5-4-6-10-32)42(49)45-37-20-18-35(19-21-37)43-52-40(28-47(3)26-24-36-11-7-8-25-44-36)31(2)41(53-43)34-16-14-33(29-48)15-17-34/h4-23,25,31,39-41,43,46,48H,24,26-29H2,1-3H3,(H,45,49)/t31-,39-,40+,41+,43+/m1/s1. The maximum Gasteiger partial charge on any atom is 0.242 e. The number of carbonyl (C=O) groups excluding carboxylic acids is 1. The van der Waals surface area contributed by atoms with Crippen molar-refractivity contribution in [3.63, 3.8) is 0 Å². The fraction of sp³-hybridized carbons (Fsp3) is 0.302. The van der Waals surface area contributed by atoms with Gasteiger partial charge in [-0.25, -0.2) is 8.42 Å². The number of aliphatic hydroxyl groups excluding tert-OH is 1. The van der Waals surface area contributed by atoms with Gasteiger partial charge in [0.05, 0.1) is 23.7 Å². The number of nitrogens with one attached hydrogen (secondary N) is 2. The first-order chi connectivity index (χ1) is 26.1. The minimum atomic E-state index is -3.99. The number of likely N-dealkylation sites (N-methyl/N-ethyl adjacent to an activating group) is 1. The first kappa shape index (κ1) is 39.0. The van der Waals surface area contributed by atoms with E-state index in [1.165, 1.54) is 12.1 Å². The van der Waals surface area contributed by atoms with E-state index in [0.717, 1.165) is 46.5 Å². The van der Waals surface area contributed by atoms with Crippen LogP contribution in [0.3, 0.4) is 0 Å². The number of aliphatic hydroxyl groups is 1. The zero-order valence-electron chi connectivity index (χ0n) is 30.8. The Kier molecular flexibility index (Phi) is 13.0. The minimum Gasteiger partial charge on any atom is -0.392 e. The van der Waals surface area contributed by atoms with Crippen molar-refractivity contribution in [3.05, 3.63) is 161 Å². The van der Waals surface area contributed by atoms with Gasteiger partial charge in [0.2, 0.25) is 15.9 Å². The zero-order chi connectivity index (χ0) is 38.1. The van der Waals surface area contributed by atoms with Crippen LogP contribution in [0.5, 0.6) is 0 Å². The van der Waals surface area contributed by atoms with Gasteiger partial charge in [-0.05, 0) is 73.5 Å². The second-order valence-electron chi connectivity index (χ2n) is 13.9. The molecule has 1 aliphatic rings. The molecule has 3 N–H and O–H groups in total. The summed E-state index contributed by atoms with van der Waals surface area (Å²) in [5.74, 6) is -0.469. The molecule has 0 saturated carbocycles. The van der Waals surface area contributed by atoms with E-state index in [-0.39, 0.29) is 36.0 Å². The molecule has 0 aliphatic carbocycles. The Labute approximate surface area is 318 Å². The summed E-state index contributed by atoms with van der Waals surface area (Å²) in [6.45, 7) is 5.47. The number of benzene rings is 4. The van der Waals surface area contributed by atoms with Crippen LogP contribution >= 0.6 is 0 Å². The lowest BCUT2D eigenvalue weighted by atomic mass is 9.90. The van der Waals surface area contributed by atoms with Gasteiger partial charge in [-0.15, -0.1) is 0 Å². The summed E-state index contributed by atoms with van der Waals surface area (Å²) in [5.41, 5.74) is 5.88. The number of aromatic nitrogens is 1. The molecule has 1 aliphatic heterocycles. The minimum absolute atomic E-state index is 0.0160. The lowest BCUT2D eigenvalue weighted by molar-refractivity contribution is -0.275. The van der Waals surface area contributed by atoms with Gasteiger partial charge in [0, 0.05) is 48.6 Å². The average molecular weight is 749 g/mol. The van der Waals surface area contributed by atoms with Crippen molar-refractivity contribution in [1.29, 1.82) is 0 Å². The van der Waals surface area contributed by atoms with Crippen molar-refractivity contribution in [1.82, 2.24) is 14.6 Å². The van der Waals surface area contributed by atoms with Crippen molar-refractivity contribution in [3.8, 4) is 0 Å². The van der Waals surface area contributed by atoms with Crippen LogP contribution < -0.4 is 10.0 Å². The average Bonchev–Trinajstić information content (AvgIpc) is 3.19. The topological polar surface area (TPSA) is 130 Å². The van der Waals surface area contributed by atoms with Crippen molar-refractivity contribution >= 4 is 21.6 Å². The van der Waals surface area contributed by atoms with Gasteiger partial charge in [0.15, 0.2) is 6.29 Å². The Balaban J connectivity index is 1.18. The molecule has 11 heteroatoms. The molecule has 0 spiro atoms. The van der Waals surface area contributed by atoms with Gasteiger partial charge in [-0.3, -0.25) is 9.78 Å². The van der Waals surface area contributed by atoms with Crippen LogP contribution in [-0.2, 0) is 43.7 Å². The highest BCUT2D eigenvalue weighted by Crippen LogP contribution is 2.42. The van der Waals surface area contributed by atoms with E-state index in [9.17, 15) is 18.3 Å². The van der Waals surface area contributed by atoms with E-state index in [4.69, 9.17) is 9.47 Å². The number of pyridine rings is 1. The number of aryl methyl sites for hydroxylation is 1. The number of rotatable bonds is 15. The third kappa shape index (κ3) is 10.3. The van der Waals surface area contributed by atoms with E-state index < -0.39 is 28.3 Å². The number of carbonyl (C=O) groups is 1. The van der Waals surface area contributed by atoms with Crippen molar-refractivity contribution in [2.24, 2.45) is 5.92 Å². The Hall–Kier alpha value is -4.75. The van der Waals surface area contributed by atoms with E-state index >= 15 is 0 Å². The van der Waals surface area contributed by atoms with Crippen LogP contribution in [0.25, 0.3) is 0 Å². The first-order valence-corrected chi connectivity index (χ1v) is 19.7. The Morgan fingerprint density at radius 3 is 2.20 bits per heavy atom. The summed E-state index contributed by atoms with van der Waals surface area (Å²) >= 11 is 0. The molecular weight excluding hydrogens is 701 g/mol. The fourth-order valence-electron chi connectivity index (χ4n) is 6.54. The van der Waals surface area contributed by atoms with Gasteiger partial charge in [-0.1, -0.05) is 97.4 Å². The number of hydrogen-bond donors (Lipinski definition) is 3. The van der Waals surface area contributed by atoms with Gasteiger partial charge in [0.25, 0.3) is 0 Å². The monoisotopic (exact) mass is 748 g/mol. The predicted molar refractivity (Wildman–Crippen MR) is 209 cm³/mol. The van der Waals surface area contributed by atoms with Crippen LogP contribution in [0.15, 0.2) is 132 Å². The molecule has 54 heavy (non-hydrogen) atoms. The van der Waals surface area contributed by atoms with Crippen LogP contribution in [0.1, 0.15) is 52.8 Å². The van der Waals surface area contributed by atoms with Gasteiger partial charge in [0.1, 0.15) is 6.04 Å². The number of anilines is 1. The highest BCUT2D eigenvalue weighted by Gasteiger charge is 2.39. The van der Waals surface area contributed by atoms with E-state index in [0.29, 0.717) is 12.2 Å². The van der Waals surface area contributed by atoms with Crippen molar-refractivity contribution in [2.75, 3.05) is 25.5 Å². The van der Waals surface area contributed by atoms with E-state index in [2.05, 4.69) is 33.9 Å². The maximum absolute atomic E-state index is 13.7. The Bertz CT molecular complexity index is 2050. The first-order valence-electron chi connectivity index (χ1n) is 18.2. The molecule has 0 radical (unpaired) electrons. The maximum atomic E-state index is 13.7. The summed E-state index contributed by atoms with van der Waals surface area (Å²) in [6, 6.07) is 35.7. The molecule has 4 aromatic carbocycles. The summed E-state index contributed by atoms with van der Waals surface area (Å²) in [4.78, 5) is 20.5. The molecular formula is C43H48N4O6S. The molecule has 282 valence electrons. The Morgan fingerprint density at radius 1 is 0.852 bits per heavy atom. The molecule has 1 amide bonds. The van der Waals surface area contributed by atoms with E-state index in [1.807, 2.05) is 98.0 Å². The van der Waals surface area contributed by atoms with Crippen molar-refractivity contribution in [2.45, 2.75) is 62.7 Å². The van der Waals surface area contributed by atoms with Crippen LogP contribution in [0.2, 0.25) is 0 Å². The normalized spacial score (nSPS) is 19.4. The second kappa shape index (κ2) is 18.1. The summed E-state index contributed by atoms with van der Waals surface area (Å²) < 4.78 is 42.6. The molecule has 1 aromatic heterocycles.